The van der Waals surface area contributed by atoms with Crippen LogP contribution in [0.25, 0.3) is 11.4 Å². The summed E-state index contributed by atoms with van der Waals surface area (Å²) in [6, 6.07) is 8.89. The molecule has 0 aliphatic carbocycles. The SMILES string of the molecule is CS(=O)(=O)NCc1sc(NC(=O)c2ccc(C(F)(F)F)cc2)nc1-c1ccccn1. The van der Waals surface area contributed by atoms with Crippen LogP contribution in [0.15, 0.2) is 48.7 Å². The fourth-order valence-corrected chi connectivity index (χ4v) is 3.81. The van der Waals surface area contributed by atoms with Gasteiger partial charge in [0.25, 0.3) is 5.91 Å². The average molecular weight is 456 g/mol. The number of nitrogens with one attached hydrogen (secondary N) is 2. The Balaban J connectivity index is 1.85. The lowest BCUT2D eigenvalue weighted by molar-refractivity contribution is -0.137. The van der Waals surface area contributed by atoms with E-state index in [1.807, 2.05) is 0 Å². The van der Waals surface area contributed by atoms with Crippen molar-refractivity contribution in [3.63, 3.8) is 0 Å². The van der Waals surface area contributed by atoms with Crippen LogP contribution in [0.3, 0.4) is 0 Å². The van der Waals surface area contributed by atoms with E-state index < -0.39 is 27.7 Å². The second kappa shape index (κ2) is 8.50. The number of carbonyl (C=O) groups excluding carboxylic acids is 1. The molecule has 0 bridgehead atoms. The van der Waals surface area contributed by atoms with Gasteiger partial charge in [-0.1, -0.05) is 17.4 Å². The van der Waals surface area contributed by atoms with Gasteiger partial charge in [-0.3, -0.25) is 15.1 Å². The van der Waals surface area contributed by atoms with Gasteiger partial charge in [-0.15, -0.1) is 0 Å². The second-order valence-corrected chi connectivity index (χ2v) is 9.04. The molecule has 0 unspecified atom stereocenters. The molecule has 2 heterocycles. The number of benzene rings is 1. The minimum Gasteiger partial charge on any atom is -0.298 e. The van der Waals surface area contributed by atoms with Crippen LogP contribution in [0.2, 0.25) is 0 Å². The van der Waals surface area contributed by atoms with Crippen molar-refractivity contribution in [1.82, 2.24) is 14.7 Å². The molecule has 0 radical (unpaired) electrons. The average Bonchev–Trinajstić information content (AvgIpc) is 3.08. The van der Waals surface area contributed by atoms with Gasteiger partial charge in [0.2, 0.25) is 10.0 Å². The van der Waals surface area contributed by atoms with Crippen molar-refractivity contribution in [2.75, 3.05) is 11.6 Å². The molecule has 0 fully saturated rings. The number of aromatic nitrogens is 2. The Hall–Kier alpha value is -2.83. The third-order valence-corrected chi connectivity index (χ3v) is 5.43. The lowest BCUT2D eigenvalue weighted by Gasteiger charge is -2.07. The minimum atomic E-state index is -4.50. The van der Waals surface area contributed by atoms with E-state index in [1.54, 1.807) is 24.4 Å². The number of amides is 1. The number of hydrogen-bond acceptors (Lipinski definition) is 6. The highest BCUT2D eigenvalue weighted by molar-refractivity contribution is 7.88. The molecular weight excluding hydrogens is 441 g/mol. The maximum Gasteiger partial charge on any atom is 0.416 e. The molecule has 0 aliphatic rings. The lowest BCUT2D eigenvalue weighted by Crippen LogP contribution is -2.21. The summed E-state index contributed by atoms with van der Waals surface area (Å²) >= 11 is 1.04. The maximum atomic E-state index is 12.7. The van der Waals surface area contributed by atoms with Crippen molar-refractivity contribution in [1.29, 1.82) is 0 Å². The van der Waals surface area contributed by atoms with Crippen LogP contribution in [0, 0.1) is 0 Å². The van der Waals surface area contributed by atoms with Crippen molar-refractivity contribution in [2.24, 2.45) is 0 Å². The van der Waals surface area contributed by atoms with Gasteiger partial charge in [0.05, 0.1) is 22.4 Å². The fourth-order valence-electron chi connectivity index (χ4n) is 2.40. The number of halogens is 3. The summed E-state index contributed by atoms with van der Waals surface area (Å²) in [4.78, 5) is 21.4. The first-order valence-corrected chi connectivity index (χ1v) is 11.1. The zero-order valence-corrected chi connectivity index (χ0v) is 17.0. The summed E-state index contributed by atoms with van der Waals surface area (Å²) in [6.07, 6.45) is -1.94. The molecule has 30 heavy (non-hydrogen) atoms. The number of rotatable bonds is 6. The second-order valence-electron chi connectivity index (χ2n) is 6.13. The number of thiazole rings is 1. The Kier molecular flexibility index (Phi) is 6.19. The molecule has 0 aliphatic heterocycles. The van der Waals surface area contributed by atoms with Crippen molar-refractivity contribution in [2.45, 2.75) is 12.7 Å². The number of sulfonamides is 1. The Bertz CT molecular complexity index is 1150. The predicted molar refractivity (Wildman–Crippen MR) is 106 cm³/mol. The van der Waals surface area contributed by atoms with Crippen LogP contribution in [0.5, 0.6) is 0 Å². The molecule has 3 aromatic rings. The molecule has 0 atom stereocenters. The Morgan fingerprint density at radius 3 is 2.40 bits per heavy atom. The molecule has 2 N–H and O–H groups in total. The van der Waals surface area contributed by atoms with Gasteiger partial charge in [-0.25, -0.2) is 18.1 Å². The van der Waals surface area contributed by atoms with Gasteiger partial charge in [0.15, 0.2) is 5.13 Å². The van der Waals surface area contributed by atoms with E-state index in [2.05, 4.69) is 20.0 Å². The highest BCUT2D eigenvalue weighted by Gasteiger charge is 2.30. The van der Waals surface area contributed by atoms with Gasteiger partial charge in [0.1, 0.15) is 5.69 Å². The standard InChI is InChI=1S/C18H15F3N4O3S2/c1-30(27,28)23-10-14-15(13-4-2-3-9-22-13)24-17(29-14)25-16(26)11-5-7-12(8-6-11)18(19,20)21/h2-9,23H,10H2,1H3,(H,24,25,26). The number of nitrogens with zero attached hydrogens (tertiary/aromatic N) is 2. The van der Waals surface area contributed by atoms with Crippen LogP contribution in [0.1, 0.15) is 20.8 Å². The van der Waals surface area contributed by atoms with Crippen molar-refractivity contribution >= 4 is 32.4 Å². The molecule has 158 valence electrons. The largest absolute Gasteiger partial charge is 0.416 e. The number of pyridine rings is 1. The summed E-state index contributed by atoms with van der Waals surface area (Å²) in [7, 11) is -3.46. The van der Waals surface area contributed by atoms with Gasteiger partial charge in [-0.05, 0) is 36.4 Å². The van der Waals surface area contributed by atoms with Crippen LogP contribution in [0.4, 0.5) is 18.3 Å². The summed E-state index contributed by atoms with van der Waals surface area (Å²) in [5.41, 5.74) is 0.0295. The molecular formula is C18H15F3N4O3S2. The van der Waals surface area contributed by atoms with E-state index >= 15 is 0 Å². The Labute approximate surface area is 174 Å². The highest BCUT2D eigenvalue weighted by atomic mass is 32.2. The van der Waals surface area contributed by atoms with Crippen LogP contribution in [-0.4, -0.2) is 30.5 Å². The quantitative estimate of drug-likeness (QED) is 0.591. The first-order chi connectivity index (χ1) is 14.0. The minimum absolute atomic E-state index is 0.0217. The summed E-state index contributed by atoms with van der Waals surface area (Å²) < 4.78 is 63.2. The Morgan fingerprint density at radius 2 is 1.83 bits per heavy atom. The third-order valence-electron chi connectivity index (χ3n) is 3.79. The van der Waals surface area contributed by atoms with Crippen molar-refractivity contribution < 1.29 is 26.4 Å². The van der Waals surface area contributed by atoms with Gasteiger partial charge in [0, 0.05) is 18.3 Å². The molecule has 12 heteroatoms. The number of alkyl halides is 3. The fraction of sp³-hybridized carbons (Fsp3) is 0.167. The predicted octanol–water partition coefficient (Wildman–Crippen LogP) is 3.53. The van der Waals surface area contributed by atoms with E-state index in [-0.39, 0.29) is 17.2 Å². The zero-order chi connectivity index (χ0) is 21.9. The lowest BCUT2D eigenvalue weighted by atomic mass is 10.1. The molecule has 0 spiro atoms. The number of carbonyl (C=O) groups is 1. The van der Waals surface area contributed by atoms with E-state index in [0.29, 0.717) is 16.3 Å². The Morgan fingerprint density at radius 1 is 1.13 bits per heavy atom. The summed E-state index contributed by atoms with van der Waals surface area (Å²) in [6.45, 7) is -0.0570. The third kappa shape index (κ3) is 5.62. The van der Waals surface area contributed by atoms with E-state index in [1.165, 1.54) is 0 Å². The summed E-state index contributed by atoms with van der Waals surface area (Å²) in [5.74, 6) is -0.646. The normalized spacial score (nSPS) is 12.0. The highest BCUT2D eigenvalue weighted by Crippen LogP contribution is 2.31. The van der Waals surface area contributed by atoms with E-state index in [0.717, 1.165) is 41.9 Å². The first-order valence-electron chi connectivity index (χ1n) is 8.37. The molecule has 0 saturated carbocycles. The number of hydrogen-bond donors (Lipinski definition) is 2. The van der Waals surface area contributed by atoms with Gasteiger partial charge in [-0.2, -0.15) is 13.2 Å². The molecule has 0 saturated heterocycles. The molecule has 1 aromatic carbocycles. The first kappa shape index (κ1) is 21.9. The molecule has 1 amide bonds. The zero-order valence-electron chi connectivity index (χ0n) is 15.4. The topological polar surface area (TPSA) is 101 Å². The smallest absolute Gasteiger partial charge is 0.298 e. The molecule has 3 rings (SSSR count). The van der Waals surface area contributed by atoms with Crippen LogP contribution in [-0.2, 0) is 22.7 Å². The van der Waals surface area contributed by atoms with Gasteiger partial charge < -0.3 is 0 Å². The summed E-state index contributed by atoms with van der Waals surface area (Å²) in [5, 5.41) is 2.68. The van der Waals surface area contributed by atoms with Crippen LogP contribution >= 0.6 is 11.3 Å². The van der Waals surface area contributed by atoms with Gasteiger partial charge >= 0.3 is 6.18 Å². The molecule has 7 nitrogen and oxygen atoms in total. The molecule has 2 aromatic heterocycles. The van der Waals surface area contributed by atoms with Crippen molar-refractivity contribution in [3.8, 4) is 11.4 Å². The maximum absolute atomic E-state index is 12.7. The van der Waals surface area contributed by atoms with Crippen LogP contribution < -0.4 is 10.0 Å². The van der Waals surface area contributed by atoms with Crippen molar-refractivity contribution in [3.05, 3.63) is 64.7 Å². The number of anilines is 1. The monoisotopic (exact) mass is 456 g/mol. The van der Waals surface area contributed by atoms with E-state index in [4.69, 9.17) is 0 Å². The van der Waals surface area contributed by atoms with E-state index in [9.17, 15) is 26.4 Å².